The third-order valence-electron chi connectivity index (χ3n) is 2.66. The molecule has 0 saturated heterocycles. The van der Waals surface area contributed by atoms with E-state index in [1.54, 1.807) is 0 Å². The summed E-state index contributed by atoms with van der Waals surface area (Å²) in [7, 11) is 0. The molecule has 0 aliphatic rings. The number of hydrogen-bond donors (Lipinski definition) is 6. The van der Waals surface area contributed by atoms with Gasteiger partial charge < -0.3 is 42.6 Å². The van der Waals surface area contributed by atoms with E-state index in [4.69, 9.17) is 32.4 Å². The zero-order valence-corrected chi connectivity index (χ0v) is 10.6. The summed E-state index contributed by atoms with van der Waals surface area (Å²) in [6.45, 7) is 0.902. The monoisotopic (exact) mass is 266 g/mol. The Morgan fingerprint density at radius 3 is 1.61 bits per heavy atom. The summed E-state index contributed by atoms with van der Waals surface area (Å²) in [4.78, 5) is 0. The van der Waals surface area contributed by atoms with E-state index in [1.165, 1.54) is 0 Å². The second-order valence-corrected chi connectivity index (χ2v) is 4.09. The molecular formula is C10H26N4O4. The Bertz CT molecular complexity index is 192. The van der Waals surface area contributed by atoms with E-state index in [9.17, 15) is 10.2 Å². The van der Waals surface area contributed by atoms with Gasteiger partial charge >= 0.3 is 0 Å². The van der Waals surface area contributed by atoms with Gasteiger partial charge in [0, 0.05) is 13.1 Å². The van der Waals surface area contributed by atoms with Gasteiger partial charge in [0.15, 0.2) is 0 Å². The van der Waals surface area contributed by atoms with Crippen LogP contribution in [-0.2, 0) is 9.47 Å². The Balaban J connectivity index is 4.27. The molecule has 0 aromatic heterocycles. The SMILES string of the molecule is NCCOCC(N)C(O)(CO)C(N)COCCN. The highest BCUT2D eigenvalue weighted by atomic mass is 16.5. The lowest BCUT2D eigenvalue weighted by Gasteiger charge is -2.36. The van der Waals surface area contributed by atoms with Crippen LogP contribution < -0.4 is 22.9 Å². The lowest BCUT2D eigenvalue weighted by atomic mass is 9.88. The van der Waals surface area contributed by atoms with Crippen molar-refractivity contribution in [3.8, 4) is 0 Å². The molecule has 0 amide bonds. The first kappa shape index (κ1) is 17.7. The lowest BCUT2D eigenvalue weighted by molar-refractivity contribution is -0.0873. The number of rotatable bonds is 11. The maximum atomic E-state index is 10.2. The van der Waals surface area contributed by atoms with Crippen molar-refractivity contribution in [2.24, 2.45) is 22.9 Å². The molecule has 0 radical (unpaired) electrons. The number of aliphatic hydroxyl groups excluding tert-OH is 1. The fraction of sp³-hybridized carbons (Fsp3) is 1.00. The molecule has 8 nitrogen and oxygen atoms in total. The average Bonchev–Trinajstić information content (AvgIpc) is 2.38. The van der Waals surface area contributed by atoms with E-state index in [1.807, 2.05) is 0 Å². The molecule has 2 unspecified atom stereocenters. The van der Waals surface area contributed by atoms with Gasteiger partial charge in [0.05, 0.1) is 45.1 Å². The molecule has 0 aliphatic carbocycles. The van der Waals surface area contributed by atoms with Crippen LogP contribution in [0.2, 0.25) is 0 Å². The average molecular weight is 266 g/mol. The van der Waals surface area contributed by atoms with Crippen molar-refractivity contribution in [1.82, 2.24) is 0 Å². The van der Waals surface area contributed by atoms with Crippen LogP contribution in [0.15, 0.2) is 0 Å². The van der Waals surface area contributed by atoms with Gasteiger partial charge in [0.25, 0.3) is 0 Å². The minimum absolute atomic E-state index is 0.0544. The second-order valence-electron chi connectivity index (χ2n) is 4.09. The zero-order valence-electron chi connectivity index (χ0n) is 10.6. The number of hydrogen-bond acceptors (Lipinski definition) is 8. The zero-order chi connectivity index (χ0) is 14.0. The minimum atomic E-state index is -1.66. The van der Waals surface area contributed by atoms with E-state index in [-0.39, 0.29) is 13.2 Å². The van der Waals surface area contributed by atoms with Gasteiger partial charge in [-0.25, -0.2) is 0 Å². The van der Waals surface area contributed by atoms with Gasteiger partial charge in [-0.05, 0) is 0 Å². The van der Waals surface area contributed by atoms with Crippen molar-refractivity contribution in [3.63, 3.8) is 0 Å². The van der Waals surface area contributed by atoms with E-state index in [0.29, 0.717) is 26.3 Å². The predicted molar refractivity (Wildman–Crippen MR) is 67.7 cm³/mol. The third-order valence-corrected chi connectivity index (χ3v) is 2.66. The van der Waals surface area contributed by atoms with E-state index >= 15 is 0 Å². The third kappa shape index (κ3) is 5.55. The Hall–Kier alpha value is -0.320. The summed E-state index contributed by atoms with van der Waals surface area (Å²) >= 11 is 0. The van der Waals surface area contributed by atoms with Crippen LogP contribution in [0.5, 0.6) is 0 Å². The maximum Gasteiger partial charge on any atom is 0.122 e. The molecule has 110 valence electrons. The highest BCUT2D eigenvalue weighted by Crippen LogP contribution is 2.13. The van der Waals surface area contributed by atoms with Gasteiger partial charge in [-0.2, -0.15) is 0 Å². The Morgan fingerprint density at radius 1 is 0.944 bits per heavy atom. The van der Waals surface area contributed by atoms with E-state index in [2.05, 4.69) is 0 Å². The molecular weight excluding hydrogens is 240 g/mol. The van der Waals surface area contributed by atoms with Crippen molar-refractivity contribution >= 4 is 0 Å². The van der Waals surface area contributed by atoms with Crippen molar-refractivity contribution in [3.05, 3.63) is 0 Å². The summed E-state index contributed by atoms with van der Waals surface area (Å²) in [5, 5.41) is 19.5. The van der Waals surface area contributed by atoms with Crippen molar-refractivity contribution in [2.45, 2.75) is 17.7 Å². The van der Waals surface area contributed by atoms with Gasteiger partial charge in [-0.3, -0.25) is 0 Å². The first-order valence-corrected chi connectivity index (χ1v) is 5.93. The van der Waals surface area contributed by atoms with Crippen LogP contribution in [0, 0.1) is 0 Å². The largest absolute Gasteiger partial charge is 0.393 e. The minimum Gasteiger partial charge on any atom is -0.393 e. The molecule has 10 N–H and O–H groups in total. The maximum absolute atomic E-state index is 10.2. The van der Waals surface area contributed by atoms with Gasteiger partial charge in [-0.15, -0.1) is 0 Å². The Morgan fingerprint density at radius 2 is 1.33 bits per heavy atom. The topological polar surface area (TPSA) is 163 Å². The van der Waals surface area contributed by atoms with Crippen LogP contribution in [0.25, 0.3) is 0 Å². The fourth-order valence-electron chi connectivity index (χ4n) is 1.39. The van der Waals surface area contributed by atoms with Crippen LogP contribution in [0.1, 0.15) is 0 Å². The summed E-state index contributed by atoms with van der Waals surface area (Å²) in [5.41, 5.74) is 20.4. The summed E-state index contributed by atoms with van der Waals surface area (Å²) in [6.07, 6.45) is 0. The van der Waals surface area contributed by atoms with Gasteiger partial charge in [0.1, 0.15) is 5.60 Å². The summed E-state index contributed by atoms with van der Waals surface area (Å²) < 4.78 is 10.3. The molecule has 0 bridgehead atoms. The summed E-state index contributed by atoms with van der Waals surface area (Å²) in [6, 6.07) is -1.66. The molecule has 0 aromatic rings. The molecule has 0 saturated carbocycles. The number of nitrogens with two attached hydrogens (primary N) is 4. The quantitative estimate of drug-likeness (QED) is 0.208. The van der Waals surface area contributed by atoms with E-state index < -0.39 is 24.3 Å². The fourth-order valence-corrected chi connectivity index (χ4v) is 1.39. The van der Waals surface area contributed by atoms with Gasteiger partial charge in [-0.1, -0.05) is 0 Å². The van der Waals surface area contributed by atoms with Crippen LogP contribution >= 0.6 is 0 Å². The Kier molecular flexibility index (Phi) is 9.42. The standard InChI is InChI=1S/C10H26N4O4/c11-1-3-17-5-8(13)10(16,7-15)9(14)6-18-4-2-12/h8-9,15-16H,1-7,11-14H2. The second kappa shape index (κ2) is 9.59. The van der Waals surface area contributed by atoms with Crippen molar-refractivity contribution in [2.75, 3.05) is 46.1 Å². The summed E-state index contributed by atoms with van der Waals surface area (Å²) in [5.74, 6) is 0. The first-order valence-electron chi connectivity index (χ1n) is 5.93. The highest BCUT2D eigenvalue weighted by Gasteiger charge is 2.40. The highest BCUT2D eigenvalue weighted by molar-refractivity contribution is 4.97. The van der Waals surface area contributed by atoms with Gasteiger partial charge in [0.2, 0.25) is 0 Å². The smallest absolute Gasteiger partial charge is 0.122 e. The first-order chi connectivity index (χ1) is 8.52. The van der Waals surface area contributed by atoms with E-state index in [0.717, 1.165) is 0 Å². The number of aliphatic hydroxyl groups is 2. The Labute approximate surface area is 107 Å². The van der Waals surface area contributed by atoms with Crippen molar-refractivity contribution in [1.29, 1.82) is 0 Å². The molecule has 0 aliphatic heterocycles. The molecule has 0 rings (SSSR count). The molecule has 18 heavy (non-hydrogen) atoms. The van der Waals surface area contributed by atoms with Crippen LogP contribution in [-0.4, -0.2) is 74.0 Å². The molecule has 0 spiro atoms. The molecule has 2 atom stereocenters. The lowest BCUT2D eigenvalue weighted by Crippen LogP contribution is -2.64. The molecule has 0 heterocycles. The van der Waals surface area contributed by atoms with Crippen LogP contribution in [0.4, 0.5) is 0 Å². The normalized spacial score (nSPS) is 18.3. The van der Waals surface area contributed by atoms with Crippen LogP contribution in [0.3, 0.4) is 0 Å². The molecule has 8 heteroatoms. The molecule has 0 fully saturated rings. The number of ether oxygens (including phenoxy) is 2. The predicted octanol–water partition coefficient (Wildman–Crippen LogP) is -3.68. The van der Waals surface area contributed by atoms with Crippen molar-refractivity contribution < 1.29 is 19.7 Å². The molecule has 0 aromatic carbocycles.